The van der Waals surface area contributed by atoms with Gasteiger partial charge in [-0.05, 0) is 12.3 Å². The molecule has 2 aliphatic rings. The zero-order valence-corrected chi connectivity index (χ0v) is 13.4. The fourth-order valence-corrected chi connectivity index (χ4v) is 4.01. The first-order chi connectivity index (χ1) is 9.91. The molecule has 2 aliphatic heterocycles. The van der Waals surface area contributed by atoms with Crippen LogP contribution in [0.2, 0.25) is 0 Å². The highest BCUT2D eigenvalue weighted by Gasteiger charge is 2.43. The number of methoxy groups -OCH3 is 1. The molecule has 0 aromatic carbocycles. The average molecular weight is 320 g/mol. The molecule has 0 spiro atoms. The van der Waals surface area contributed by atoms with Crippen molar-refractivity contribution in [2.45, 2.75) is 18.9 Å². The Bertz CT molecular complexity index is 467. The first-order valence-corrected chi connectivity index (χ1v) is 9.09. The van der Waals surface area contributed by atoms with Crippen molar-refractivity contribution in [1.82, 2.24) is 9.62 Å². The van der Waals surface area contributed by atoms with E-state index in [4.69, 9.17) is 9.47 Å². The third-order valence-corrected chi connectivity index (χ3v) is 5.51. The molecular formula is C13H24N2O5S. The zero-order chi connectivity index (χ0) is 15.5. The van der Waals surface area contributed by atoms with Crippen molar-refractivity contribution >= 4 is 15.9 Å². The molecule has 0 aliphatic carbocycles. The largest absolute Gasteiger partial charge is 0.383 e. The van der Waals surface area contributed by atoms with Crippen molar-refractivity contribution < 1.29 is 22.7 Å². The number of hydrogen-bond donors (Lipinski definition) is 1. The summed E-state index contributed by atoms with van der Waals surface area (Å²) >= 11 is 0. The van der Waals surface area contributed by atoms with Gasteiger partial charge in [-0.1, -0.05) is 0 Å². The van der Waals surface area contributed by atoms with Crippen LogP contribution in [0.3, 0.4) is 0 Å². The second-order valence-corrected chi connectivity index (χ2v) is 7.73. The number of fused-ring (bicyclic) bond motifs is 1. The van der Waals surface area contributed by atoms with E-state index in [0.717, 1.165) is 6.42 Å². The molecular weight excluding hydrogens is 296 g/mol. The topological polar surface area (TPSA) is 84.9 Å². The lowest BCUT2D eigenvalue weighted by molar-refractivity contribution is -0.123. The smallest absolute Gasteiger partial charge is 0.222 e. The van der Waals surface area contributed by atoms with E-state index >= 15 is 0 Å². The molecule has 0 aromatic rings. The summed E-state index contributed by atoms with van der Waals surface area (Å²) in [6.07, 6.45) is 2.24. The van der Waals surface area contributed by atoms with Crippen molar-refractivity contribution in [1.29, 1.82) is 0 Å². The molecule has 3 atom stereocenters. The predicted octanol–water partition coefficient (Wildman–Crippen LogP) is -0.564. The second kappa shape index (κ2) is 7.04. The van der Waals surface area contributed by atoms with Gasteiger partial charge in [0.1, 0.15) is 0 Å². The third kappa shape index (κ3) is 4.38. The molecule has 1 N–H and O–H groups in total. The van der Waals surface area contributed by atoms with Crippen LogP contribution in [0.25, 0.3) is 0 Å². The van der Waals surface area contributed by atoms with E-state index in [2.05, 4.69) is 5.32 Å². The maximum atomic E-state index is 11.8. The lowest BCUT2D eigenvalue weighted by atomic mass is 9.84. The molecule has 0 radical (unpaired) electrons. The number of nitrogens with zero attached hydrogens (tertiary/aromatic N) is 1. The summed E-state index contributed by atoms with van der Waals surface area (Å²) in [5.74, 6) is 0.435. The molecule has 2 fully saturated rings. The van der Waals surface area contributed by atoms with Crippen LogP contribution in [0.5, 0.6) is 0 Å². The fourth-order valence-electron chi connectivity index (χ4n) is 3.11. The van der Waals surface area contributed by atoms with Crippen LogP contribution in [-0.2, 0) is 24.3 Å². The highest BCUT2D eigenvalue weighted by Crippen LogP contribution is 2.36. The minimum atomic E-state index is -3.14. The summed E-state index contributed by atoms with van der Waals surface area (Å²) in [4.78, 5) is 11.8. The number of sulfonamides is 1. The summed E-state index contributed by atoms with van der Waals surface area (Å²) in [5.41, 5.74) is 0. The first-order valence-electron chi connectivity index (χ1n) is 7.24. The van der Waals surface area contributed by atoms with E-state index in [1.807, 2.05) is 0 Å². The molecule has 0 bridgehead atoms. The highest BCUT2D eigenvalue weighted by molar-refractivity contribution is 7.88. The normalized spacial score (nSPS) is 30.1. The van der Waals surface area contributed by atoms with Crippen LogP contribution in [0.1, 0.15) is 12.8 Å². The van der Waals surface area contributed by atoms with Crippen LogP contribution in [0.4, 0.5) is 0 Å². The third-order valence-electron chi connectivity index (χ3n) is 4.24. The molecule has 0 aromatic heterocycles. The van der Waals surface area contributed by atoms with E-state index in [0.29, 0.717) is 39.3 Å². The average Bonchev–Trinajstić information content (AvgIpc) is 2.80. The Morgan fingerprint density at radius 2 is 2.24 bits per heavy atom. The van der Waals surface area contributed by atoms with E-state index in [1.165, 1.54) is 10.6 Å². The molecule has 7 nitrogen and oxygen atoms in total. The van der Waals surface area contributed by atoms with Gasteiger partial charge in [0.15, 0.2) is 0 Å². The van der Waals surface area contributed by atoms with E-state index in [1.54, 1.807) is 7.11 Å². The predicted molar refractivity (Wildman–Crippen MR) is 77.3 cm³/mol. The zero-order valence-electron chi connectivity index (χ0n) is 12.6. The van der Waals surface area contributed by atoms with Crippen LogP contribution < -0.4 is 5.32 Å². The van der Waals surface area contributed by atoms with Gasteiger partial charge in [0, 0.05) is 32.7 Å². The minimum Gasteiger partial charge on any atom is -0.383 e. The Morgan fingerprint density at radius 3 is 2.90 bits per heavy atom. The summed E-state index contributed by atoms with van der Waals surface area (Å²) in [7, 11) is -1.55. The van der Waals surface area contributed by atoms with E-state index in [9.17, 15) is 13.2 Å². The molecule has 122 valence electrons. The molecule has 8 heteroatoms. The SMILES string of the molecule is COCCNC(=O)C[C@@H]1OC[C@H]2CN(S(C)(=O)=O)CC[C@H]21. The molecule has 0 saturated carbocycles. The molecule has 1 amide bonds. The number of amides is 1. The van der Waals surface area contributed by atoms with Gasteiger partial charge in [0.2, 0.25) is 15.9 Å². The minimum absolute atomic E-state index is 0.0387. The van der Waals surface area contributed by atoms with Gasteiger partial charge in [-0.2, -0.15) is 0 Å². The molecule has 2 rings (SSSR count). The van der Waals surface area contributed by atoms with Crippen molar-refractivity contribution in [3.63, 3.8) is 0 Å². The monoisotopic (exact) mass is 320 g/mol. The number of nitrogens with one attached hydrogen (secondary N) is 1. The van der Waals surface area contributed by atoms with Gasteiger partial charge >= 0.3 is 0 Å². The first kappa shape index (κ1) is 16.7. The van der Waals surface area contributed by atoms with Gasteiger partial charge in [0.05, 0.1) is 32.0 Å². The fraction of sp³-hybridized carbons (Fsp3) is 0.923. The van der Waals surface area contributed by atoms with Crippen LogP contribution in [0, 0.1) is 11.8 Å². The quantitative estimate of drug-likeness (QED) is 0.663. The van der Waals surface area contributed by atoms with Gasteiger partial charge < -0.3 is 14.8 Å². The van der Waals surface area contributed by atoms with Crippen molar-refractivity contribution in [3.05, 3.63) is 0 Å². The Morgan fingerprint density at radius 1 is 1.48 bits per heavy atom. The van der Waals surface area contributed by atoms with Crippen LogP contribution in [0.15, 0.2) is 0 Å². The van der Waals surface area contributed by atoms with Crippen molar-refractivity contribution in [3.8, 4) is 0 Å². The number of hydrogen-bond acceptors (Lipinski definition) is 5. The summed E-state index contributed by atoms with van der Waals surface area (Å²) in [6.45, 7) is 2.55. The Labute approximate surface area is 126 Å². The molecule has 0 unspecified atom stereocenters. The lowest BCUT2D eigenvalue weighted by Crippen LogP contribution is -2.44. The van der Waals surface area contributed by atoms with Crippen LogP contribution >= 0.6 is 0 Å². The van der Waals surface area contributed by atoms with Gasteiger partial charge in [-0.25, -0.2) is 12.7 Å². The number of carbonyl (C=O) groups excluding carboxylic acids is 1. The maximum absolute atomic E-state index is 11.8. The van der Waals surface area contributed by atoms with E-state index in [-0.39, 0.29) is 23.8 Å². The number of carbonyl (C=O) groups is 1. The summed E-state index contributed by atoms with van der Waals surface area (Å²) in [5, 5.41) is 2.79. The standard InChI is InChI=1S/C13H24N2O5S/c1-19-6-4-14-13(16)7-12-11-3-5-15(21(2,17)18)8-10(11)9-20-12/h10-12H,3-9H2,1-2H3,(H,14,16)/t10-,11-,12+/m1/s1. The maximum Gasteiger partial charge on any atom is 0.222 e. The number of piperidine rings is 1. The second-order valence-electron chi connectivity index (χ2n) is 5.75. The van der Waals surface area contributed by atoms with Crippen molar-refractivity contribution in [2.24, 2.45) is 11.8 Å². The molecule has 21 heavy (non-hydrogen) atoms. The summed E-state index contributed by atoms with van der Waals surface area (Å²) in [6, 6.07) is 0. The van der Waals surface area contributed by atoms with E-state index < -0.39 is 10.0 Å². The van der Waals surface area contributed by atoms with Gasteiger partial charge in [0.25, 0.3) is 0 Å². The number of rotatable bonds is 6. The lowest BCUT2D eigenvalue weighted by Gasteiger charge is -2.33. The molecule has 2 saturated heterocycles. The molecule has 2 heterocycles. The Hall–Kier alpha value is -0.700. The summed E-state index contributed by atoms with van der Waals surface area (Å²) < 4.78 is 35.3. The van der Waals surface area contributed by atoms with Gasteiger partial charge in [-0.15, -0.1) is 0 Å². The van der Waals surface area contributed by atoms with Crippen molar-refractivity contribution in [2.75, 3.05) is 46.2 Å². The van der Waals surface area contributed by atoms with Crippen LogP contribution in [-0.4, -0.2) is 70.9 Å². The Balaban J connectivity index is 1.83. The number of ether oxygens (including phenoxy) is 2. The Kier molecular flexibility index (Phi) is 5.59. The highest BCUT2D eigenvalue weighted by atomic mass is 32.2. The van der Waals surface area contributed by atoms with Gasteiger partial charge in [-0.3, -0.25) is 4.79 Å².